The summed E-state index contributed by atoms with van der Waals surface area (Å²) >= 11 is 0. The number of carbonyl (C=O) groups is 3. The number of nitrogens with two attached hydrogens (primary N) is 1. The van der Waals surface area contributed by atoms with Gasteiger partial charge in [-0.05, 0) is 43.2 Å². The Bertz CT molecular complexity index is 835. The fourth-order valence-corrected chi connectivity index (χ4v) is 3.23. The zero-order valence-electron chi connectivity index (χ0n) is 14.6. The van der Waals surface area contributed by atoms with Crippen molar-refractivity contribution >= 4 is 23.4 Å². The van der Waals surface area contributed by atoms with E-state index in [2.05, 4.69) is 0 Å². The lowest BCUT2D eigenvalue weighted by Crippen LogP contribution is -2.53. The van der Waals surface area contributed by atoms with E-state index >= 15 is 0 Å². The van der Waals surface area contributed by atoms with E-state index in [0.717, 1.165) is 12.1 Å². The Labute approximate surface area is 152 Å². The Balaban J connectivity index is 1.81. The van der Waals surface area contributed by atoms with Crippen molar-refractivity contribution in [3.05, 3.63) is 65.7 Å². The summed E-state index contributed by atoms with van der Waals surface area (Å²) in [5.41, 5.74) is 6.72. The number of piperidine rings is 1. The van der Waals surface area contributed by atoms with Crippen molar-refractivity contribution in [2.24, 2.45) is 5.73 Å². The third-order valence-electron chi connectivity index (χ3n) is 4.66. The highest BCUT2D eigenvalue weighted by Gasteiger charge is 2.34. The van der Waals surface area contributed by atoms with Gasteiger partial charge in [0.25, 0.3) is 5.91 Å². The summed E-state index contributed by atoms with van der Waals surface area (Å²) in [6.07, 6.45) is 1.42. The van der Waals surface area contributed by atoms with E-state index in [1.165, 1.54) is 11.0 Å². The van der Waals surface area contributed by atoms with Gasteiger partial charge in [-0.15, -0.1) is 0 Å². The molecule has 1 fully saturated rings. The number of hydrogen-bond acceptors (Lipinski definition) is 3. The first-order valence-electron chi connectivity index (χ1n) is 8.52. The monoisotopic (exact) mass is 351 g/mol. The lowest BCUT2D eigenvalue weighted by molar-refractivity contribution is -0.124. The molecule has 0 spiro atoms. The second-order valence-corrected chi connectivity index (χ2v) is 6.34. The van der Waals surface area contributed by atoms with Gasteiger partial charge in [-0.25, -0.2) is 0 Å². The first-order valence-corrected chi connectivity index (χ1v) is 8.52. The summed E-state index contributed by atoms with van der Waals surface area (Å²) in [6.45, 7) is 0.637. The molecule has 2 aromatic rings. The van der Waals surface area contributed by atoms with Crippen LogP contribution in [0.5, 0.6) is 0 Å². The molecular weight excluding hydrogens is 330 g/mol. The molecule has 1 saturated heterocycles. The number of carbonyl (C=O) groups excluding carboxylic acids is 3. The van der Waals surface area contributed by atoms with Crippen LogP contribution in [0.15, 0.2) is 54.6 Å². The van der Waals surface area contributed by atoms with Crippen LogP contribution in [-0.2, 0) is 4.79 Å². The molecule has 0 saturated carbocycles. The normalized spacial score (nSPS) is 17.0. The van der Waals surface area contributed by atoms with Gasteiger partial charge in [0.2, 0.25) is 11.8 Å². The fraction of sp³-hybridized carbons (Fsp3) is 0.250. The third kappa shape index (κ3) is 3.44. The van der Waals surface area contributed by atoms with E-state index in [9.17, 15) is 14.4 Å². The second kappa shape index (κ2) is 7.39. The largest absolute Gasteiger partial charge is 0.366 e. The Morgan fingerprint density at radius 1 is 1.08 bits per heavy atom. The average Bonchev–Trinajstić information content (AvgIpc) is 2.68. The van der Waals surface area contributed by atoms with Crippen molar-refractivity contribution in [3.8, 4) is 0 Å². The summed E-state index contributed by atoms with van der Waals surface area (Å²) in [4.78, 5) is 40.3. The van der Waals surface area contributed by atoms with Crippen LogP contribution in [0.4, 0.5) is 5.69 Å². The maximum atomic E-state index is 12.9. The van der Waals surface area contributed by atoms with Crippen LogP contribution in [0.25, 0.3) is 0 Å². The van der Waals surface area contributed by atoms with E-state index in [1.54, 1.807) is 30.1 Å². The lowest BCUT2D eigenvalue weighted by Gasteiger charge is -2.36. The number of likely N-dealkylation sites (N-methyl/N-ethyl adjacent to an activating group) is 1. The van der Waals surface area contributed by atoms with Gasteiger partial charge in [0.1, 0.15) is 6.04 Å². The average molecular weight is 351 g/mol. The van der Waals surface area contributed by atoms with Crippen LogP contribution in [0.3, 0.4) is 0 Å². The second-order valence-electron chi connectivity index (χ2n) is 6.34. The molecule has 26 heavy (non-hydrogen) atoms. The molecule has 2 N–H and O–H groups in total. The summed E-state index contributed by atoms with van der Waals surface area (Å²) in [7, 11) is 1.62. The first-order chi connectivity index (χ1) is 12.5. The summed E-state index contributed by atoms with van der Waals surface area (Å²) in [5.74, 6) is -0.989. The highest BCUT2D eigenvalue weighted by molar-refractivity contribution is 6.03. The van der Waals surface area contributed by atoms with Crippen LogP contribution in [-0.4, -0.2) is 42.3 Å². The molecule has 0 radical (unpaired) electrons. The van der Waals surface area contributed by atoms with Crippen molar-refractivity contribution < 1.29 is 14.4 Å². The van der Waals surface area contributed by atoms with Gasteiger partial charge in [0.15, 0.2) is 0 Å². The molecule has 3 rings (SSSR count). The lowest BCUT2D eigenvalue weighted by atomic mass is 10.0. The number of nitrogens with zero attached hydrogens (tertiary/aromatic N) is 2. The van der Waals surface area contributed by atoms with E-state index in [1.807, 2.05) is 30.3 Å². The van der Waals surface area contributed by atoms with Crippen molar-refractivity contribution in [2.75, 3.05) is 18.5 Å². The van der Waals surface area contributed by atoms with Crippen molar-refractivity contribution in [3.63, 3.8) is 0 Å². The molecule has 0 aliphatic carbocycles. The van der Waals surface area contributed by atoms with Gasteiger partial charge in [0.05, 0.1) is 0 Å². The maximum absolute atomic E-state index is 12.9. The zero-order chi connectivity index (χ0) is 18.7. The smallest absolute Gasteiger partial charge is 0.254 e. The molecule has 0 aromatic heterocycles. The molecule has 1 aliphatic heterocycles. The van der Waals surface area contributed by atoms with Crippen LogP contribution in [0.2, 0.25) is 0 Å². The molecule has 2 aromatic carbocycles. The van der Waals surface area contributed by atoms with Crippen LogP contribution in [0.1, 0.15) is 33.6 Å². The minimum absolute atomic E-state index is 0.0932. The molecule has 1 heterocycles. The fourth-order valence-electron chi connectivity index (χ4n) is 3.23. The van der Waals surface area contributed by atoms with Crippen LogP contribution in [0, 0.1) is 0 Å². The van der Waals surface area contributed by atoms with E-state index in [-0.39, 0.29) is 17.4 Å². The summed E-state index contributed by atoms with van der Waals surface area (Å²) < 4.78 is 0. The molecule has 6 heteroatoms. The predicted octanol–water partition coefficient (Wildman–Crippen LogP) is 2.05. The molecule has 1 unspecified atom stereocenters. The third-order valence-corrected chi connectivity index (χ3v) is 4.66. The van der Waals surface area contributed by atoms with Crippen molar-refractivity contribution in [2.45, 2.75) is 18.9 Å². The quantitative estimate of drug-likeness (QED) is 0.915. The van der Waals surface area contributed by atoms with E-state index in [4.69, 9.17) is 5.73 Å². The minimum Gasteiger partial charge on any atom is -0.366 e. The Morgan fingerprint density at radius 3 is 2.46 bits per heavy atom. The number of para-hydroxylation sites is 1. The number of primary amides is 1. The van der Waals surface area contributed by atoms with Crippen molar-refractivity contribution in [1.82, 2.24) is 4.90 Å². The summed E-state index contributed by atoms with van der Waals surface area (Å²) in [5, 5.41) is 0. The highest BCUT2D eigenvalue weighted by Crippen LogP contribution is 2.24. The summed E-state index contributed by atoms with van der Waals surface area (Å²) in [6, 6.07) is 15.2. The molecule has 1 aliphatic rings. The maximum Gasteiger partial charge on any atom is 0.254 e. The number of rotatable bonds is 4. The highest BCUT2D eigenvalue weighted by atomic mass is 16.2. The Kier molecular flexibility index (Phi) is 5.02. The van der Waals surface area contributed by atoms with Gasteiger partial charge in [-0.1, -0.05) is 24.3 Å². The van der Waals surface area contributed by atoms with Crippen molar-refractivity contribution in [1.29, 1.82) is 0 Å². The van der Waals surface area contributed by atoms with Crippen LogP contribution >= 0.6 is 0 Å². The van der Waals surface area contributed by atoms with Gasteiger partial charge < -0.3 is 15.5 Å². The number of anilines is 1. The number of benzene rings is 2. The number of amides is 3. The molecule has 6 nitrogen and oxygen atoms in total. The van der Waals surface area contributed by atoms with Gasteiger partial charge in [-0.2, -0.15) is 0 Å². The predicted molar refractivity (Wildman–Crippen MR) is 98.9 cm³/mol. The van der Waals surface area contributed by atoms with Crippen LogP contribution < -0.4 is 10.6 Å². The molecule has 134 valence electrons. The molecular formula is C20H21N3O3. The van der Waals surface area contributed by atoms with E-state index in [0.29, 0.717) is 18.5 Å². The Hall–Kier alpha value is -3.15. The first kappa shape index (κ1) is 17.7. The number of hydrogen-bond donors (Lipinski definition) is 1. The van der Waals surface area contributed by atoms with E-state index < -0.39 is 11.9 Å². The zero-order valence-corrected chi connectivity index (χ0v) is 14.6. The Morgan fingerprint density at radius 2 is 1.77 bits per heavy atom. The SMILES string of the molecule is CN(C(=O)c1cccc(C(N)=O)c1)C1CCCN(c2ccccc2)C1=O. The van der Waals surface area contributed by atoms with Gasteiger partial charge in [-0.3, -0.25) is 14.4 Å². The van der Waals surface area contributed by atoms with Gasteiger partial charge in [0, 0.05) is 30.4 Å². The van der Waals surface area contributed by atoms with Gasteiger partial charge >= 0.3 is 0 Å². The standard InChI is InChI=1S/C20H21N3O3/c1-22(19(25)15-8-5-7-14(13-15)18(21)24)17-11-6-12-23(20(17)26)16-9-3-2-4-10-16/h2-5,7-10,13,17H,6,11-12H2,1H3,(H2,21,24). The molecule has 1 atom stereocenters. The molecule has 3 amide bonds. The minimum atomic E-state index is -0.591. The molecule has 0 bridgehead atoms. The topological polar surface area (TPSA) is 83.7 Å².